The Hall–Kier alpha value is -1.30. The van der Waals surface area contributed by atoms with Crippen LogP contribution in [0.1, 0.15) is 26.7 Å². The first-order valence-corrected chi connectivity index (χ1v) is 5.82. The predicted octanol–water partition coefficient (Wildman–Crippen LogP) is 0.664. The normalized spacial score (nSPS) is 11.7. The first kappa shape index (κ1) is 15.7. The maximum absolute atomic E-state index is 11.4. The highest BCUT2D eigenvalue weighted by Gasteiger charge is 2.11. The van der Waals surface area contributed by atoms with Gasteiger partial charge in [0.05, 0.1) is 19.3 Å². The third kappa shape index (κ3) is 8.50. The van der Waals surface area contributed by atoms with Crippen LogP contribution in [0.5, 0.6) is 0 Å². The molecule has 0 spiro atoms. The molecule has 0 heterocycles. The zero-order chi connectivity index (χ0) is 13.1. The average Bonchev–Trinajstić information content (AvgIpc) is 2.27. The fraction of sp³-hybridized carbons (Fsp3) is 0.818. The molecule has 0 aromatic heterocycles. The molecule has 6 nitrogen and oxygen atoms in total. The first-order valence-electron chi connectivity index (χ1n) is 5.82. The molecule has 0 aliphatic carbocycles. The number of nitrogens with one attached hydrogen (secondary N) is 2. The molecule has 0 fully saturated rings. The summed E-state index contributed by atoms with van der Waals surface area (Å²) in [4.78, 5) is 22.4. The van der Waals surface area contributed by atoms with Gasteiger partial charge in [0.25, 0.3) is 0 Å². The van der Waals surface area contributed by atoms with Gasteiger partial charge in [-0.2, -0.15) is 0 Å². The number of methoxy groups -OCH3 is 1. The molecule has 0 aliphatic rings. The zero-order valence-electron chi connectivity index (χ0n) is 10.7. The maximum Gasteiger partial charge on any atom is 0.325 e. The van der Waals surface area contributed by atoms with Crippen molar-refractivity contribution in [2.45, 2.75) is 32.7 Å². The average molecular weight is 246 g/mol. The summed E-state index contributed by atoms with van der Waals surface area (Å²) in [6.45, 7) is 4.39. The van der Waals surface area contributed by atoms with Gasteiger partial charge in [0, 0.05) is 7.11 Å². The Balaban J connectivity index is 3.84. The Morgan fingerprint density at radius 1 is 1.29 bits per heavy atom. The van der Waals surface area contributed by atoms with Crippen molar-refractivity contribution in [3.63, 3.8) is 0 Å². The van der Waals surface area contributed by atoms with Gasteiger partial charge in [-0.1, -0.05) is 13.3 Å². The van der Waals surface area contributed by atoms with Gasteiger partial charge in [0.1, 0.15) is 6.54 Å². The molecule has 0 saturated heterocycles. The van der Waals surface area contributed by atoms with Gasteiger partial charge in [-0.05, 0) is 13.3 Å². The van der Waals surface area contributed by atoms with Gasteiger partial charge >= 0.3 is 12.0 Å². The minimum atomic E-state index is -0.443. The minimum absolute atomic E-state index is 0.0350. The van der Waals surface area contributed by atoms with Gasteiger partial charge in [0.2, 0.25) is 0 Å². The molecule has 100 valence electrons. The molecular formula is C11H22N2O4. The lowest BCUT2D eigenvalue weighted by Crippen LogP contribution is -2.45. The van der Waals surface area contributed by atoms with Crippen molar-refractivity contribution in [1.29, 1.82) is 0 Å². The number of esters is 1. The molecule has 0 aliphatic heterocycles. The number of carbonyl (C=O) groups excluding carboxylic acids is 2. The molecule has 17 heavy (non-hydrogen) atoms. The van der Waals surface area contributed by atoms with Crippen LogP contribution in [0.15, 0.2) is 0 Å². The van der Waals surface area contributed by atoms with Crippen molar-refractivity contribution in [2.75, 3.05) is 26.9 Å². The fourth-order valence-corrected chi connectivity index (χ4v) is 1.35. The number of urea groups is 1. The molecule has 0 saturated carbocycles. The van der Waals surface area contributed by atoms with Gasteiger partial charge < -0.3 is 20.1 Å². The summed E-state index contributed by atoms with van der Waals surface area (Å²) in [7, 11) is 1.58. The zero-order valence-corrected chi connectivity index (χ0v) is 10.7. The van der Waals surface area contributed by atoms with E-state index in [1.807, 2.05) is 6.92 Å². The Morgan fingerprint density at radius 3 is 2.53 bits per heavy atom. The molecule has 0 radical (unpaired) electrons. The lowest BCUT2D eigenvalue weighted by Gasteiger charge is -2.17. The van der Waals surface area contributed by atoms with E-state index in [2.05, 4.69) is 15.4 Å². The quantitative estimate of drug-likeness (QED) is 0.617. The van der Waals surface area contributed by atoms with E-state index < -0.39 is 5.97 Å². The van der Waals surface area contributed by atoms with E-state index in [0.717, 1.165) is 12.8 Å². The Kier molecular flexibility index (Phi) is 9.14. The molecule has 6 heteroatoms. The highest BCUT2D eigenvalue weighted by molar-refractivity contribution is 5.80. The number of rotatable bonds is 8. The van der Waals surface area contributed by atoms with E-state index in [1.165, 1.54) is 0 Å². The van der Waals surface area contributed by atoms with Crippen molar-refractivity contribution >= 4 is 12.0 Å². The lowest BCUT2D eigenvalue weighted by atomic mass is 10.2. The number of carbonyl (C=O) groups is 2. The van der Waals surface area contributed by atoms with Crippen LogP contribution in [-0.4, -0.2) is 44.9 Å². The maximum atomic E-state index is 11.4. The topological polar surface area (TPSA) is 76.7 Å². The van der Waals surface area contributed by atoms with E-state index in [1.54, 1.807) is 14.0 Å². The molecule has 0 aromatic carbocycles. The number of amides is 2. The smallest absolute Gasteiger partial charge is 0.325 e. The Bertz CT molecular complexity index is 228. The second-order valence-corrected chi connectivity index (χ2v) is 3.57. The monoisotopic (exact) mass is 246 g/mol. The van der Waals surface area contributed by atoms with Crippen LogP contribution >= 0.6 is 0 Å². The summed E-state index contributed by atoms with van der Waals surface area (Å²) in [5, 5.41) is 5.17. The standard InChI is InChI=1S/C11H22N2O4/c1-4-6-9(8-16-3)13-11(15)12-7-10(14)17-5-2/h9H,4-8H2,1-3H3,(H2,12,13,15). The molecule has 2 amide bonds. The predicted molar refractivity (Wildman–Crippen MR) is 63.7 cm³/mol. The van der Waals surface area contributed by atoms with Crippen LogP contribution in [0.25, 0.3) is 0 Å². The summed E-state index contributed by atoms with van der Waals surface area (Å²) in [6, 6.07) is -0.416. The van der Waals surface area contributed by atoms with E-state index in [0.29, 0.717) is 13.2 Å². The first-order chi connectivity index (χ1) is 8.13. The van der Waals surface area contributed by atoms with Gasteiger partial charge in [-0.25, -0.2) is 4.79 Å². The molecule has 0 rings (SSSR count). The van der Waals surface area contributed by atoms with Crippen LogP contribution in [0.2, 0.25) is 0 Å². The van der Waals surface area contributed by atoms with Crippen LogP contribution in [0.4, 0.5) is 4.79 Å². The number of hydrogen-bond donors (Lipinski definition) is 2. The summed E-state index contributed by atoms with van der Waals surface area (Å²) in [5.74, 6) is -0.443. The lowest BCUT2D eigenvalue weighted by molar-refractivity contribution is -0.141. The molecule has 0 aromatic rings. The largest absolute Gasteiger partial charge is 0.465 e. The SMILES string of the molecule is CCCC(COC)NC(=O)NCC(=O)OCC. The van der Waals surface area contributed by atoms with E-state index in [-0.39, 0.29) is 18.6 Å². The minimum Gasteiger partial charge on any atom is -0.465 e. The third-order valence-electron chi connectivity index (χ3n) is 2.04. The van der Waals surface area contributed by atoms with Gasteiger partial charge in [-0.3, -0.25) is 4.79 Å². The summed E-state index contributed by atoms with van der Waals surface area (Å²) in [5.41, 5.74) is 0. The van der Waals surface area contributed by atoms with Crippen LogP contribution < -0.4 is 10.6 Å². The van der Waals surface area contributed by atoms with Crippen molar-refractivity contribution in [1.82, 2.24) is 10.6 Å². The highest BCUT2D eigenvalue weighted by atomic mass is 16.5. The number of ether oxygens (including phenoxy) is 2. The molecule has 1 unspecified atom stereocenters. The van der Waals surface area contributed by atoms with E-state index in [4.69, 9.17) is 4.74 Å². The van der Waals surface area contributed by atoms with E-state index in [9.17, 15) is 9.59 Å². The van der Waals surface area contributed by atoms with Crippen molar-refractivity contribution in [3.05, 3.63) is 0 Å². The second kappa shape index (κ2) is 9.89. The van der Waals surface area contributed by atoms with Gasteiger partial charge in [-0.15, -0.1) is 0 Å². The van der Waals surface area contributed by atoms with Crippen LogP contribution in [0.3, 0.4) is 0 Å². The molecule has 0 bridgehead atoms. The fourth-order valence-electron chi connectivity index (χ4n) is 1.35. The van der Waals surface area contributed by atoms with Gasteiger partial charge in [0.15, 0.2) is 0 Å². The van der Waals surface area contributed by atoms with Crippen LogP contribution in [0, 0.1) is 0 Å². The van der Waals surface area contributed by atoms with Crippen molar-refractivity contribution in [2.24, 2.45) is 0 Å². The molecule has 2 N–H and O–H groups in total. The highest BCUT2D eigenvalue weighted by Crippen LogP contribution is 1.96. The summed E-state index contributed by atoms with van der Waals surface area (Å²) < 4.78 is 9.67. The van der Waals surface area contributed by atoms with Crippen molar-refractivity contribution in [3.8, 4) is 0 Å². The second-order valence-electron chi connectivity index (χ2n) is 3.57. The summed E-state index contributed by atoms with van der Waals surface area (Å²) >= 11 is 0. The third-order valence-corrected chi connectivity index (χ3v) is 2.04. The van der Waals surface area contributed by atoms with E-state index >= 15 is 0 Å². The van der Waals surface area contributed by atoms with Crippen molar-refractivity contribution < 1.29 is 19.1 Å². The number of hydrogen-bond acceptors (Lipinski definition) is 4. The Labute approximate surface area is 102 Å². The molecule has 1 atom stereocenters. The Morgan fingerprint density at radius 2 is 2.00 bits per heavy atom. The van der Waals surface area contributed by atoms with Crippen LogP contribution in [-0.2, 0) is 14.3 Å². The summed E-state index contributed by atoms with van der Waals surface area (Å²) in [6.07, 6.45) is 1.78. The molecular weight excluding hydrogens is 224 g/mol.